The van der Waals surface area contributed by atoms with Gasteiger partial charge in [-0.1, -0.05) is 43.6 Å². The molecule has 0 saturated carbocycles. The fraction of sp³-hybridized carbons (Fsp3) is 0.250. The average molecular weight is 304 g/mol. The van der Waals surface area contributed by atoms with E-state index in [0.29, 0.717) is 21.9 Å². The first kappa shape index (κ1) is 14.0. The number of aryl methyl sites for hydroxylation is 1. The number of aromatic nitrogens is 3. The summed E-state index contributed by atoms with van der Waals surface area (Å²) < 4.78 is 15.6. The summed E-state index contributed by atoms with van der Waals surface area (Å²) in [5.41, 5.74) is 3.51. The van der Waals surface area contributed by atoms with Crippen molar-refractivity contribution in [2.24, 2.45) is 0 Å². The smallest absolute Gasteiger partial charge is 0.164 e. The van der Waals surface area contributed by atoms with Crippen molar-refractivity contribution in [3.8, 4) is 11.1 Å². The van der Waals surface area contributed by atoms with Gasteiger partial charge in [0, 0.05) is 22.4 Å². The van der Waals surface area contributed by atoms with Gasteiger partial charge in [-0.2, -0.15) is 5.10 Å². The van der Waals surface area contributed by atoms with E-state index in [1.165, 1.54) is 6.07 Å². The molecule has 108 valence electrons. The second-order valence-electron chi connectivity index (χ2n) is 5.33. The van der Waals surface area contributed by atoms with Gasteiger partial charge < -0.3 is 0 Å². The van der Waals surface area contributed by atoms with Crippen LogP contribution >= 0.6 is 11.6 Å². The first-order chi connectivity index (χ1) is 10.0. The van der Waals surface area contributed by atoms with Crippen molar-refractivity contribution < 1.29 is 4.39 Å². The molecule has 3 aromatic rings. The van der Waals surface area contributed by atoms with Crippen molar-refractivity contribution in [1.82, 2.24) is 14.6 Å². The molecule has 0 atom stereocenters. The first-order valence-electron chi connectivity index (χ1n) is 6.79. The van der Waals surface area contributed by atoms with Crippen molar-refractivity contribution in [3.05, 3.63) is 52.7 Å². The second-order valence-corrected chi connectivity index (χ2v) is 5.69. The largest absolute Gasteiger partial charge is 0.233 e. The summed E-state index contributed by atoms with van der Waals surface area (Å²) in [5, 5.41) is 4.81. The van der Waals surface area contributed by atoms with Crippen LogP contribution in [0.3, 0.4) is 0 Å². The van der Waals surface area contributed by atoms with Gasteiger partial charge in [-0.25, -0.2) is 13.9 Å². The van der Waals surface area contributed by atoms with Gasteiger partial charge in [-0.3, -0.25) is 0 Å². The fourth-order valence-corrected chi connectivity index (χ4v) is 3.08. The maximum Gasteiger partial charge on any atom is 0.164 e. The van der Waals surface area contributed by atoms with Gasteiger partial charge in [0.1, 0.15) is 11.0 Å². The number of benzene rings is 1. The highest BCUT2D eigenvalue weighted by Crippen LogP contribution is 2.32. The lowest BCUT2D eigenvalue weighted by Gasteiger charge is -2.12. The molecule has 0 unspecified atom stereocenters. The zero-order valence-corrected chi connectivity index (χ0v) is 12.8. The van der Waals surface area contributed by atoms with Crippen LogP contribution in [0, 0.1) is 12.7 Å². The maximum absolute atomic E-state index is 14.0. The molecule has 0 spiro atoms. The summed E-state index contributed by atoms with van der Waals surface area (Å²) in [6.45, 7) is 6.03. The predicted molar refractivity (Wildman–Crippen MR) is 82.2 cm³/mol. The molecule has 1 aromatic carbocycles. The SMILES string of the molecule is Cc1nc2c(-c3ccccc3F)cnn2c(Cl)c1C(C)C. The van der Waals surface area contributed by atoms with E-state index in [4.69, 9.17) is 11.6 Å². The van der Waals surface area contributed by atoms with Gasteiger partial charge in [0.2, 0.25) is 0 Å². The Hall–Kier alpha value is -1.94. The number of fused-ring (bicyclic) bond motifs is 1. The zero-order chi connectivity index (χ0) is 15.1. The monoisotopic (exact) mass is 303 g/mol. The molecule has 0 N–H and O–H groups in total. The molecule has 2 heterocycles. The Kier molecular flexibility index (Phi) is 3.41. The van der Waals surface area contributed by atoms with E-state index in [1.807, 2.05) is 6.92 Å². The number of nitrogens with zero attached hydrogens (tertiary/aromatic N) is 3. The van der Waals surface area contributed by atoms with Crippen LogP contribution in [0.4, 0.5) is 4.39 Å². The second kappa shape index (κ2) is 5.11. The highest BCUT2D eigenvalue weighted by Gasteiger charge is 2.19. The molecule has 5 heteroatoms. The summed E-state index contributed by atoms with van der Waals surface area (Å²) in [6, 6.07) is 6.59. The molecule has 0 fully saturated rings. The highest BCUT2D eigenvalue weighted by atomic mass is 35.5. The van der Waals surface area contributed by atoms with Gasteiger partial charge in [-0.05, 0) is 18.9 Å². The molecule has 0 saturated heterocycles. The van der Waals surface area contributed by atoms with E-state index >= 15 is 0 Å². The van der Waals surface area contributed by atoms with Crippen molar-refractivity contribution in [2.45, 2.75) is 26.7 Å². The van der Waals surface area contributed by atoms with Crippen LogP contribution in [0.5, 0.6) is 0 Å². The Bertz CT molecular complexity index is 824. The van der Waals surface area contributed by atoms with E-state index in [-0.39, 0.29) is 11.7 Å². The molecule has 0 aliphatic rings. The van der Waals surface area contributed by atoms with Gasteiger partial charge in [0.15, 0.2) is 5.65 Å². The molecule has 0 aliphatic heterocycles. The fourth-order valence-electron chi connectivity index (χ4n) is 2.60. The molecular weight excluding hydrogens is 289 g/mol. The van der Waals surface area contributed by atoms with E-state index in [2.05, 4.69) is 23.9 Å². The molecule has 21 heavy (non-hydrogen) atoms. The van der Waals surface area contributed by atoms with Crippen molar-refractivity contribution in [2.75, 3.05) is 0 Å². The quantitative estimate of drug-likeness (QED) is 0.647. The third kappa shape index (κ3) is 2.20. The van der Waals surface area contributed by atoms with E-state index in [9.17, 15) is 4.39 Å². The lowest BCUT2D eigenvalue weighted by Crippen LogP contribution is -2.04. The van der Waals surface area contributed by atoms with E-state index in [0.717, 1.165) is 11.3 Å². The van der Waals surface area contributed by atoms with Crippen molar-refractivity contribution in [1.29, 1.82) is 0 Å². The normalized spacial score (nSPS) is 11.5. The predicted octanol–water partition coefficient (Wildman–Crippen LogP) is 4.62. The van der Waals surface area contributed by atoms with E-state index < -0.39 is 0 Å². The standard InChI is InChI=1S/C16H15ClFN3/c1-9(2)14-10(3)20-16-12(8-19-21(16)15(14)17)11-6-4-5-7-13(11)18/h4-9H,1-3H3. The molecule has 0 bridgehead atoms. The van der Waals surface area contributed by atoms with Crippen LogP contribution in [0.25, 0.3) is 16.8 Å². The van der Waals surface area contributed by atoms with Crippen LogP contribution in [0.15, 0.2) is 30.5 Å². The van der Waals surface area contributed by atoms with Crippen LogP contribution < -0.4 is 0 Å². The summed E-state index contributed by atoms with van der Waals surface area (Å²) in [5.74, 6) is -0.0496. The Morgan fingerprint density at radius 2 is 1.90 bits per heavy atom. The van der Waals surface area contributed by atoms with Crippen LogP contribution in [0.1, 0.15) is 31.0 Å². The van der Waals surface area contributed by atoms with Gasteiger partial charge in [-0.15, -0.1) is 0 Å². The van der Waals surface area contributed by atoms with Gasteiger partial charge >= 0.3 is 0 Å². The average Bonchev–Trinajstić information content (AvgIpc) is 2.82. The van der Waals surface area contributed by atoms with Crippen molar-refractivity contribution >= 4 is 17.2 Å². The molecule has 2 aromatic heterocycles. The number of hydrogen-bond donors (Lipinski definition) is 0. The topological polar surface area (TPSA) is 30.2 Å². The lowest BCUT2D eigenvalue weighted by molar-refractivity contribution is 0.631. The Morgan fingerprint density at radius 3 is 2.57 bits per heavy atom. The minimum absolute atomic E-state index is 0.246. The molecule has 0 amide bonds. The first-order valence-corrected chi connectivity index (χ1v) is 7.17. The third-order valence-electron chi connectivity index (χ3n) is 3.56. The Morgan fingerprint density at radius 1 is 1.19 bits per heavy atom. The summed E-state index contributed by atoms with van der Waals surface area (Å²) in [4.78, 5) is 4.58. The van der Waals surface area contributed by atoms with E-state index in [1.54, 1.807) is 28.9 Å². The summed E-state index contributed by atoms with van der Waals surface area (Å²) in [7, 11) is 0. The van der Waals surface area contributed by atoms with Crippen molar-refractivity contribution in [3.63, 3.8) is 0 Å². The van der Waals surface area contributed by atoms with Crippen LogP contribution in [-0.2, 0) is 0 Å². The van der Waals surface area contributed by atoms with Crippen LogP contribution in [0.2, 0.25) is 5.15 Å². The highest BCUT2D eigenvalue weighted by molar-refractivity contribution is 6.30. The summed E-state index contributed by atoms with van der Waals surface area (Å²) >= 11 is 6.45. The van der Waals surface area contributed by atoms with Gasteiger partial charge in [0.05, 0.1) is 6.20 Å². The molecule has 3 nitrogen and oxygen atoms in total. The Balaban J connectivity index is 2.32. The maximum atomic E-state index is 14.0. The Labute approximate surface area is 127 Å². The molecule has 3 rings (SSSR count). The lowest BCUT2D eigenvalue weighted by atomic mass is 10.0. The molecule has 0 radical (unpaired) electrons. The molecule has 0 aliphatic carbocycles. The van der Waals surface area contributed by atoms with Gasteiger partial charge in [0.25, 0.3) is 0 Å². The molecular formula is C16H15ClFN3. The number of rotatable bonds is 2. The third-order valence-corrected chi connectivity index (χ3v) is 3.92. The number of halogens is 2. The summed E-state index contributed by atoms with van der Waals surface area (Å²) in [6.07, 6.45) is 1.61. The zero-order valence-electron chi connectivity index (χ0n) is 12.1. The number of hydrogen-bond acceptors (Lipinski definition) is 2. The van der Waals surface area contributed by atoms with Crippen LogP contribution in [-0.4, -0.2) is 14.6 Å². The minimum atomic E-state index is -0.295. The minimum Gasteiger partial charge on any atom is -0.233 e.